The van der Waals surface area contributed by atoms with Crippen LogP contribution in [0.3, 0.4) is 0 Å². The van der Waals surface area contributed by atoms with Gasteiger partial charge in [-0.2, -0.15) is 0 Å². The van der Waals surface area contributed by atoms with Crippen LogP contribution >= 0.6 is 11.6 Å². The van der Waals surface area contributed by atoms with Crippen molar-refractivity contribution in [1.29, 1.82) is 0 Å². The monoisotopic (exact) mass is 476 g/mol. The molecule has 1 aromatic rings. The lowest BCUT2D eigenvalue weighted by Crippen LogP contribution is -2.51. The second-order valence-electron chi connectivity index (χ2n) is 9.96. The Morgan fingerprint density at radius 3 is 2.42 bits per heavy atom. The van der Waals surface area contributed by atoms with E-state index in [1.54, 1.807) is 20.2 Å². The number of urea groups is 1. The van der Waals surface area contributed by atoms with Crippen molar-refractivity contribution in [3.05, 3.63) is 28.8 Å². The molecule has 1 aliphatic heterocycles. The molecule has 2 aliphatic rings. The minimum atomic E-state index is -0.908. The number of anilines is 1. The molecule has 0 atom stereocenters. The molecule has 2 fully saturated rings. The second kappa shape index (κ2) is 9.33. The summed E-state index contributed by atoms with van der Waals surface area (Å²) in [4.78, 5) is 52.8. The third kappa shape index (κ3) is 5.00. The van der Waals surface area contributed by atoms with Crippen molar-refractivity contribution in [2.45, 2.75) is 58.4 Å². The molecule has 8 nitrogen and oxygen atoms in total. The molecule has 0 bridgehead atoms. The number of nitrogens with one attached hydrogen (secondary N) is 2. The largest absolute Gasteiger partial charge is 0.345 e. The summed E-state index contributed by atoms with van der Waals surface area (Å²) < 4.78 is 0. The zero-order valence-corrected chi connectivity index (χ0v) is 20.7. The average Bonchev–Trinajstić information content (AvgIpc) is 2.97. The molecular weight excluding hydrogens is 444 g/mol. The van der Waals surface area contributed by atoms with Crippen LogP contribution in [0.4, 0.5) is 10.5 Å². The van der Waals surface area contributed by atoms with E-state index in [4.69, 9.17) is 11.6 Å². The van der Waals surface area contributed by atoms with Gasteiger partial charge in [-0.3, -0.25) is 19.3 Å². The maximum absolute atomic E-state index is 13.1. The molecule has 5 amide bonds. The SMILES string of the molecule is CCC(C)(C)C1CCC2(CC1)NC(=O)N(CC(=O)Nc1ccc(C(=O)N(C)C)c(Cl)c1)C2=O. The van der Waals surface area contributed by atoms with E-state index in [2.05, 4.69) is 31.4 Å². The zero-order valence-electron chi connectivity index (χ0n) is 20.0. The van der Waals surface area contributed by atoms with Gasteiger partial charge in [0.1, 0.15) is 12.1 Å². The zero-order chi connectivity index (χ0) is 24.6. The van der Waals surface area contributed by atoms with Gasteiger partial charge in [0.05, 0.1) is 10.6 Å². The van der Waals surface area contributed by atoms with E-state index in [-0.39, 0.29) is 28.8 Å². The van der Waals surface area contributed by atoms with Crippen LogP contribution in [-0.4, -0.2) is 59.7 Å². The second-order valence-corrected chi connectivity index (χ2v) is 10.4. The van der Waals surface area contributed by atoms with Gasteiger partial charge in [-0.1, -0.05) is 38.8 Å². The van der Waals surface area contributed by atoms with E-state index in [0.29, 0.717) is 30.0 Å². The van der Waals surface area contributed by atoms with Crippen molar-refractivity contribution >= 4 is 41.0 Å². The number of rotatable bonds is 6. The Hall–Kier alpha value is -2.61. The first-order valence-corrected chi connectivity index (χ1v) is 11.7. The topological polar surface area (TPSA) is 98.8 Å². The number of benzene rings is 1. The third-order valence-electron chi connectivity index (χ3n) is 7.29. The van der Waals surface area contributed by atoms with Crippen LogP contribution in [0.15, 0.2) is 18.2 Å². The molecular formula is C24H33ClN4O4. The first kappa shape index (κ1) is 25.0. The van der Waals surface area contributed by atoms with Gasteiger partial charge in [0.25, 0.3) is 11.8 Å². The Morgan fingerprint density at radius 2 is 1.88 bits per heavy atom. The van der Waals surface area contributed by atoms with Crippen molar-refractivity contribution in [2.75, 3.05) is 26.0 Å². The van der Waals surface area contributed by atoms with Gasteiger partial charge in [-0.15, -0.1) is 0 Å². The predicted molar refractivity (Wildman–Crippen MR) is 127 cm³/mol. The van der Waals surface area contributed by atoms with Crippen LogP contribution in [0.2, 0.25) is 5.02 Å². The van der Waals surface area contributed by atoms with Crippen LogP contribution in [-0.2, 0) is 9.59 Å². The molecule has 9 heteroatoms. The Morgan fingerprint density at radius 1 is 1.24 bits per heavy atom. The fourth-order valence-electron chi connectivity index (χ4n) is 4.69. The van der Waals surface area contributed by atoms with Gasteiger partial charge >= 0.3 is 6.03 Å². The molecule has 0 unspecified atom stereocenters. The smallest absolute Gasteiger partial charge is 0.325 e. The Bertz CT molecular complexity index is 967. The quantitative estimate of drug-likeness (QED) is 0.608. The first-order chi connectivity index (χ1) is 15.4. The molecule has 1 saturated carbocycles. The number of carbonyl (C=O) groups excluding carboxylic acids is 4. The minimum Gasteiger partial charge on any atom is -0.345 e. The van der Waals surface area contributed by atoms with Crippen molar-refractivity contribution in [1.82, 2.24) is 15.1 Å². The summed E-state index contributed by atoms with van der Waals surface area (Å²) in [5.41, 5.74) is -0.0161. The Kier molecular flexibility index (Phi) is 7.07. The molecule has 1 saturated heterocycles. The minimum absolute atomic E-state index is 0.195. The van der Waals surface area contributed by atoms with Gasteiger partial charge in [0.2, 0.25) is 5.91 Å². The number of carbonyl (C=O) groups is 4. The number of nitrogens with zero attached hydrogens (tertiary/aromatic N) is 2. The number of amides is 5. The van der Waals surface area contributed by atoms with Gasteiger partial charge in [-0.25, -0.2) is 4.79 Å². The highest BCUT2D eigenvalue weighted by Crippen LogP contribution is 2.45. The molecule has 0 radical (unpaired) electrons. The summed E-state index contributed by atoms with van der Waals surface area (Å²) >= 11 is 6.19. The van der Waals surface area contributed by atoms with E-state index in [0.717, 1.165) is 24.2 Å². The van der Waals surface area contributed by atoms with Crippen molar-refractivity contribution in [2.24, 2.45) is 11.3 Å². The van der Waals surface area contributed by atoms with Crippen molar-refractivity contribution in [3.63, 3.8) is 0 Å². The summed E-state index contributed by atoms with van der Waals surface area (Å²) in [7, 11) is 3.24. The van der Waals surface area contributed by atoms with Crippen LogP contribution in [0.5, 0.6) is 0 Å². The highest BCUT2D eigenvalue weighted by Gasteiger charge is 2.53. The summed E-state index contributed by atoms with van der Waals surface area (Å²) in [6.45, 7) is 6.29. The molecule has 1 aliphatic carbocycles. The third-order valence-corrected chi connectivity index (χ3v) is 7.61. The van der Waals surface area contributed by atoms with Gasteiger partial charge < -0.3 is 15.5 Å². The lowest BCUT2D eigenvalue weighted by molar-refractivity contribution is -0.135. The van der Waals surface area contributed by atoms with Crippen LogP contribution in [0, 0.1) is 11.3 Å². The molecule has 1 aromatic carbocycles. The molecule has 33 heavy (non-hydrogen) atoms. The number of imide groups is 1. The molecule has 180 valence electrons. The highest BCUT2D eigenvalue weighted by atomic mass is 35.5. The van der Waals surface area contributed by atoms with Crippen molar-refractivity contribution in [3.8, 4) is 0 Å². The van der Waals surface area contributed by atoms with Gasteiger partial charge in [0, 0.05) is 19.8 Å². The maximum atomic E-state index is 13.1. The van der Waals surface area contributed by atoms with Gasteiger partial charge in [0.15, 0.2) is 0 Å². The Labute approximate surface area is 200 Å². The first-order valence-electron chi connectivity index (χ1n) is 11.4. The number of hydrogen-bond acceptors (Lipinski definition) is 4. The van der Waals surface area contributed by atoms with E-state index in [9.17, 15) is 19.2 Å². The Balaban J connectivity index is 1.63. The summed E-state index contributed by atoms with van der Waals surface area (Å²) in [6.07, 6.45) is 3.96. The molecule has 1 spiro atoms. The van der Waals surface area contributed by atoms with Crippen LogP contribution in [0.25, 0.3) is 0 Å². The van der Waals surface area contributed by atoms with Crippen LogP contribution < -0.4 is 10.6 Å². The highest BCUT2D eigenvalue weighted by molar-refractivity contribution is 6.34. The summed E-state index contributed by atoms with van der Waals surface area (Å²) in [5.74, 6) is -0.596. The standard InChI is InChI=1S/C24H33ClN4O4/c1-6-23(2,3)15-9-11-24(12-10-15)21(32)29(22(33)27-24)14-19(30)26-16-7-8-17(18(25)13-16)20(31)28(4)5/h7-8,13,15H,6,9-12,14H2,1-5H3,(H,26,30)(H,27,33). The van der Waals surface area contributed by atoms with E-state index >= 15 is 0 Å². The van der Waals surface area contributed by atoms with Crippen LogP contribution in [0.1, 0.15) is 63.2 Å². The van der Waals surface area contributed by atoms with E-state index in [1.807, 2.05) is 0 Å². The molecule has 3 rings (SSSR count). The number of halogens is 1. The maximum Gasteiger partial charge on any atom is 0.325 e. The normalized spacial score (nSPS) is 23.0. The molecule has 2 N–H and O–H groups in total. The van der Waals surface area contributed by atoms with E-state index in [1.165, 1.54) is 17.0 Å². The molecule has 0 aromatic heterocycles. The summed E-state index contributed by atoms with van der Waals surface area (Å²) in [6, 6.07) is 4.03. The van der Waals surface area contributed by atoms with E-state index < -0.39 is 17.5 Å². The fraction of sp³-hybridized carbons (Fsp3) is 0.583. The van der Waals surface area contributed by atoms with Crippen molar-refractivity contribution < 1.29 is 19.2 Å². The van der Waals surface area contributed by atoms with Gasteiger partial charge in [-0.05, 0) is 55.2 Å². The number of hydrogen-bond donors (Lipinski definition) is 2. The fourth-order valence-corrected chi connectivity index (χ4v) is 4.95. The lowest BCUT2D eigenvalue weighted by Gasteiger charge is -2.42. The summed E-state index contributed by atoms with van der Waals surface area (Å²) in [5, 5.41) is 5.71. The predicted octanol–water partition coefficient (Wildman–Crippen LogP) is 3.90. The average molecular weight is 477 g/mol. The lowest BCUT2D eigenvalue weighted by atomic mass is 9.65. The molecule has 1 heterocycles.